The molecule has 0 atom stereocenters. The maximum atomic E-state index is 5.37. The fourth-order valence-electron chi connectivity index (χ4n) is 3.31. The van der Waals surface area contributed by atoms with Crippen molar-refractivity contribution in [3.63, 3.8) is 0 Å². The molecule has 0 radical (unpaired) electrons. The molecule has 0 bridgehead atoms. The van der Waals surface area contributed by atoms with Crippen LogP contribution in [0.25, 0.3) is 0 Å². The van der Waals surface area contributed by atoms with Gasteiger partial charge in [-0.05, 0) is 48.9 Å². The maximum Gasteiger partial charge on any atom is 0.119 e. The third-order valence-electron chi connectivity index (χ3n) is 4.18. The molecule has 1 N–H and O–H groups in total. The second-order valence-electron chi connectivity index (χ2n) is 6.55. The lowest BCUT2D eigenvalue weighted by atomic mass is 9.59. The molecule has 0 amide bonds. The summed E-state index contributed by atoms with van der Waals surface area (Å²) in [6.07, 6.45) is 2.57. The topological polar surface area (TPSA) is 21.3 Å². The van der Waals surface area contributed by atoms with E-state index in [-0.39, 0.29) is 0 Å². The molecule has 1 saturated carbocycles. The first-order valence-electron chi connectivity index (χ1n) is 7.41. The molecule has 1 aromatic rings. The summed E-state index contributed by atoms with van der Waals surface area (Å²) < 4.78 is 5.37. The Morgan fingerprint density at radius 1 is 1.37 bits per heavy atom. The summed E-state index contributed by atoms with van der Waals surface area (Å²) in [4.78, 5) is 0. The standard InChI is InChI=1S/C17H27NO/c1-13(2)11-18-12-17(9-14(3)10-17)15-6-5-7-16(8-15)19-4/h5-8,13-14,18H,9-12H2,1-4H3. The Balaban J connectivity index is 2.10. The van der Waals surface area contributed by atoms with E-state index in [1.54, 1.807) is 7.11 Å². The van der Waals surface area contributed by atoms with Crippen LogP contribution in [0.5, 0.6) is 5.75 Å². The van der Waals surface area contributed by atoms with Gasteiger partial charge >= 0.3 is 0 Å². The summed E-state index contributed by atoms with van der Waals surface area (Å²) in [6.45, 7) is 9.05. The molecule has 0 aromatic heterocycles. The molecule has 2 rings (SSSR count). The first-order valence-corrected chi connectivity index (χ1v) is 7.41. The van der Waals surface area contributed by atoms with Crippen LogP contribution in [0.4, 0.5) is 0 Å². The van der Waals surface area contributed by atoms with Crippen molar-refractivity contribution in [2.24, 2.45) is 11.8 Å². The van der Waals surface area contributed by atoms with Crippen LogP contribution in [0.1, 0.15) is 39.2 Å². The van der Waals surface area contributed by atoms with Crippen LogP contribution in [-0.4, -0.2) is 20.2 Å². The molecule has 106 valence electrons. The molecule has 1 aliphatic rings. The van der Waals surface area contributed by atoms with Gasteiger partial charge in [0.15, 0.2) is 0 Å². The zero-order valence-electron chi connectivity index (χ0n) is 12.7. The van der Waals surface area contributed by atoms with E-state index in [4.69, 9.17) is 4.74 Å². The molecule has 19 heavy (non-hydrogen) atoms. The first-order chi connectivity index (χ1) is 9.05. The van der Waals surface area contributed by atoms with Gasteiger partial charge in [-0.15, -0.1) is 0 Å². The highest BCUT2D eigenvalue weighted by atomic mass is 16.5. The highest BCUT2D eigenvalue weighted by molar-refractivity contribution is 5.36. The molecule has 1 fully saturated rings. The molecule has 0 spiro atoms. The number of benzene rings is 1. The zero-order valence-corrected chi connectivity index (χ0v) is 12.7. The van der Waals surface area contributed by atoms with Crippen LogP contribution >= 0.6 is 0 Å². The predicted octanol–water partition coefficient (Wildman–Crippen LogP) is 3.61. The average Bonchev–Trinajstić information content (AvgIpc) is 2.36. The molecule has 2 nitrogen and oxygen atoms in total. The summed E-state index contributed by atoms with van der Waals surface area (Å²) >= 11 is 0. The predicted molar refractivity (Wildman–Crippen MR) is 80.8 cm³/mol. The van der Waals surface area contributed by atoms with Crippen LogP contribution in [0.2, 0.25) is 0 Å². The van der Waals surface area contributed by atoms with E-state index in [1.807, 2.05) is 6.07 Å². The third-order valence-corrected chi connectivity index (χ3v) is 4.18. The smallest absolute Gasteiger partial charge is 0.119 e. The fraction of sp³-hybridized carbons (Fsp3) is 0.647. The van der Waals surface area contributed by atoms with Gasteiger partial charge in [-0.25, -0.2) is 0 Å². The number of methoxy groups -OCH3 is 1. The molecular formula is C17H27NO. The molecule has 0 heterocycles. The Kier molecular flexibility index (Phi) is 4.51. The third kappa shape index (κ3) is 3.30. The summed E-state index contributed by atoms with van der Waals surface area (Å²) in [7, 11) is 1.74. The number of ether oxygens (including phenoxy) is 1. The van der Waals surface area contributed by atoms with Crippen molar-refractivity contribution < 1.29 is 4.74 Å². The molecule has 2 heteroatoms. The van der Waals surface area contributed by atoms with Crippen LogP contribution in [0.3, 0.4) is 0 Å². The summed E-state index contributed by atoms with van der Waals surface area (Å²) in [5.41, 5.74) is 1.75. The molecular weight excluding hydrogens is 234 g/mol. The van der Waals surface area contributed by atoms with Gasteiger partial charge in [-0.2, -0.15) is 0 Å². The minimum absolute atomic E-state index is 0.322. The Morgan fingerprint density at radius 3 is 2.68 bits per heavy atom. The monoisotopic (exact) mass is 261 g/mol. The van der Waals surface area contributed by atoms with Gasteiger partial charge < -0.3 is 10.1 Å². The molecule has 1 aliphatic carbocycles. The number of hydrogen-bond acceptors (Lipinski definition) is 2. The molecule has 1 aromatic carbocycles. The zero-order chi connectivity index (χ0) is 13.9. The van der Waals surface area contributed by atoms with Crippen molar-refractivity contribution in [1.29, 1.82) is 0 Å². The minimum Gasteiger partial charge on any atom is -0.497 e. The van der Waals surface area contributed by atoms with Gasteiger partial charge in [-0.1, -0.05) is 32.9 Å². The van der Waals surface area contributed by atoms with Crippen molar-refractivity contribution >= 4 is 0 Å². The lowest BCUT2D eigenvalue weighted by molar-refractivity contribution is 0.151. The van der Waals surface area contributed by atoms with Crippen molar-refractivity contribution in [3.05, 3.63) is 29.8 Å². The number of nitrogens with one attached hydrogen (secondary N) is 1. The Hall–Kier alpha value is -1.02. The molecule has 0 aliphatic heterocycles. The van der Waals surface area contributed by atoms with Crippen LogP contribution in [-0.2, 0) is 5.41 Å². The van der Waals surface area contributed by atoms with E-state index >= 15 is 0 Å². The van der Waals surface area contributed by atoms with E-state index in [9.17, 15) is 0 Å². The van der Waals surface area contributed by atoms with E-state index < -0.39 is 0 Å². The van der Waals surface area contributed by atoms with Gasteiger partial charge in [0.25, 0.3) is 0 Å². The lowest BCUT2D eigenvalue weighted by Gasteiger charge is -2.47. The van der Waals surface area contributed by atoms with Crippen LogP contribution in [0, 0.1) is 11.8 Å². The first kappa shape index (κ1) is 14.4. The number of rotatable bonds is 6. The lowest BCUT2D eigenvalue weighted by Crippen LogP contribution is -2.48. The largest absolute Gasteiger partial charge is 0.497 e. The molecule has 0 unspecified atom stereocenters. The Bertz CT molecular complexity index is 407. The van der Waals surface area contributed by atoms with Gasteiger partial charge in [0.05, 0.1) is 7.11 Å². The van der Waals surface area contributed by atoms with Gasteiger partial charge in [0.1, 0.15) is 5.75 Å². The summed E-state index contributed by atoms with van der Waals surface area (Å²) in [5.74, 6) is 2.52. The van der Waals surface area contributed by atoms with Crippen molar-refractivity contribution in [2.75, 3.05) is 20.2 Å². The van der Waals surface area contributed by atoms with E-state index in [1.165, 1.54) is 18.4 Å². The summed E-state index contributed by atoms with van der Waals surface area (Å²) in [5, 5.41) is 3.64. The van der Waals surface area contributed by atoms with Gasteiger partial charge in [0, 0.05) is 12.0 Å². The molecule has 0 saturated heterocycles. The van der Waals surface area contributed by atoms with Crippen molar-refractivity contribution in [2.45, 2.75) is 39.0 Å². The second-order valence-corrected chi connectivity index (χ2v) is 6.55. The summed E-state index contributed by atoms with van der Waals surface area (Å²) in [6, 6.07) is 8.61. The second kappa shape index (κ2) is 5.96. The van der Waals surface area contributed by atoms with E-state index in [2.05, 4.69) is 44.3 Å². The average molecular weight is 261 g/mol. The van der Waals surface area contributed by atoms with Gasteiger partial charge in [0.2, 0.25) is 0 Å². The maximum absolute atomic E-state index is 5.37. The SMILES string of the molecule is COc1cccc(C2(CNCC(C)C)CC(C)C2)c1. The Morgan fingerprint density at radius 2 is 2.11 bits per heavy atom. The van der Waals surface area contributed by atoms with E-state index in [0.717, 1.165) is 24.8 Å². The van der Waals surface area contributed by atoms with Gasteiger partial charge in [-0.3, -0.25) is 0 Å². The fourth-order valence-corrected chi connectivity index (χ4v) is 3.31. The van der Waals surface area contributed by atoms with Crippen LogP contribution in [0.15, 0.2) is 24.3 Å². The highest BCUT2D eigenvalue weighted by Gasteiger charge is 2.43. The minimum atomic E-state index is 0.322. The number of hydrogen-bond donors (Lipinski definition) is 1. The van der Waals surface area contributed by atoms with Crippen molar-refractivity contribution in [1.82, 2.24) is 5.32 Å². The quantitative estimate of drug-likeness (QED) is 0.844. The normalized spacial score (nSPS) is 26.3. The Labute approximate surface area is 117 Å². The van der Waals surface area contributed by atoms with Crippen LogP contribution < -0.4 is 10.1 Å². The highest BCUT2D eigenvalue weighted by Crippen LogP contribution is 2.47. The van der Waals surface area contributed by atoms with Crippen molar-refractivity contribution in [3.8, 4) is 5.75 Å². The van der Waals surface area contributed by atoms with E-state index in [0.29, 0.717) is 11.3 Å².